The maximum absolute atomic E-state index is 12.4. The Bertz CT molecular complexity index is 1100. The van der Waals surface area contributed by atoms with Gasteiger partial charge in [-0.3, -0.25) is 14.4 Å². The van der Waals surface area contributed by atoms with E-state index in [0.717, 1.165) is 6.42 Å². The van der Waals surface area contributed by atoms with Crippen molar-refractivity contribution in [3.63, 3.8) is 0 Å². The molecular weight excluding hydrogens is 456 g/mol. The summed E-state index contributed by atoms with van der Waals surface area (Å²) in [6.07, 6.45) is 0.671. The zero-order valence-electron chi connectivity index (χ0n) is 19.4. The van der Waals surface area contributed by atoms with Crippen LogP contribution in [0, 0.1) is 5.92 Å². The lowest BCUT2D eigenvalue weighted by atomic mass is 10.1. The van der Waals surface area contributed by atoms with E-state index in [-0.39, 0.29) is 18.9 Å². The molecule has 2 amide bonds. The van der Waals surface area contributed by atoms with Crippen molar-refractivity contribution in [1.29, 1.82) is 0 Å². The number of esters is 3. The molecule has 0 aliphatic carbocycles. The third-order valence-electron chi connectivity index (χ3n) is 5.25. The molecule has 1 fully saturated rings. The third-order valence-corrected chi connectivity index (χ3v) is 5.25. The van der Waals surface area contributed by atoms with Crippen LogP contribution in [0.3, 0.4) is 0 Å². The van der Waals surface area contributed by atoms with Gasteiger partial charge < -0.3 is 24.4 Å². The van der Waals surface area contributed by atoms with E-state index in [0.29, 0.717) is 29.1 Å². The average Bonchev–Trinajstić information content (AvgIpc) is 3.27. The van der Waals surface area contributed by atoms with Crippen LogP contribution in [0.4, 0.5) is 11.4 Å². The van der Waals surface area contributed by atoms with Gasteiger partial charge in [0.05, 0.1) is 30.8 Å². The van der Waals surface area contributed by atoms with Crippen LogP contribution in [0.15, 0.2) is 48.5 Å². The summed E-state index contributed by atoms with van der Waals surface area (Å²) in [6, 6.07) is 12.4. The molecule has 1 saturated heterocycles. The molecule has 1 N–H and O–H groups in total. The van der Waals surface area contributed by atoms with Crippen molar-refractivity contribution in [3.8, 4) is 0 Å². The van der Waals surface area contributed by atoms with Crippen molar-refractivity contribution in [2.24, 2.45) is 5.92 Å². The van der Waals surface area contributed by atoms with Crippen molar-refractivity contribution in [2.75, 3.05) is 37.1 Å². The van der Waals surface area contributed by atoms with Gasteiger partial charge in [-0.05, 0) is 55.0 Å². The maximum atomic E-state index is 12.4. The molecule has 35 heavy (non-hydrogen) atoms. The number of nitrogens with zero attached hydrogens (tertiary/aromatic N) is 1. The second-order valence-corrected chi connectivity index (χ2v) is 7.81. The minimum atomic E-state index is -0.719. The molecule has 1 heterocycles. The quantitative estimate of drug-likeness (QED) is 0.427. The highest BCUT2D eigenvalue weighted by Gasteiger charge is 2.36. The molecule has 3 rings (SSSR count). The number of anilines is 2. The summed E-state index contributed by atoms with van der Waals surface area (Å²) in [7, 11) is 1.28. The Morgan fingerprint density at radius 1 is 0.943 bits per heavy atom. The Balaban J connectivity index is 1.48. The average molecular weight is 482 g/mol. The molecule has 0 unspecified atom stereocenters. The number of rotatable bonds is 9. The number of benzene rings is 2. The Morgan fingerprint density at radius 3 is 2.20 bits per heavy atom. The van der Waals surface area contributed by atoms with Crippen LogP contribution >= 0.6 is 0 Å². The lowest BCUT2D eigenvalue weighted by Crippen LogP contribution is -2.28. The normalized spacial score (nSPS) is 14.9. The summed E-state index contributed by atoms with van der Waals surface area (Å²) in [4.78, 5) is 61.8. The Kier molecular flexibility index (Phi) is 8.55. The fourth-order valence-electron chi connectivity index (χ4n) is 3.43. The van der Waals surface area contributed by atoms with Crippen molar-refractivity contribution in [3.05, 3.63) is 59.7 Å². The van der Waals surface area contributed by atoms with E-state index in [1.54, 1.807) is 24.3 Å². The summed E-state index contributed by atoms with van der Waals surface area (Å²) in [6.45, 7) is 1.81. The molecule has 1 aliphatic rings. The molecule has 0 bridgehead atoms. The van der Waals surface area contributed by atoms with E-state index in [2.05, 4.69) is 10.1 Å². The number of amides is 2. The molecule has 1 aliphatic heterocycles. The lowest BCUT2D eigenvalue weighted by Gasteiger charge is -2.16. The molecule has 1 atom stereocenters. The molecule has 10 heteroatoms. The van der Waals surface area contributed by atoms with E-state index in [9.17, 15) is 24.0 Å². The molecule has 184 valence electrons. The maximum Gasteiger partial charge on any atom is 0.338 e. The Hall–Kier alpha value is -4.21. The van der Waals surface area contributed by atoms with E-state index in [4.69, 9.17) is 9.47 Å². The topological polar surface area (TPSA) is 128 Å². The van der Waals surface area contributed by atoms with Crippen molar-refractivity contribution >= 4 is 41.1 Å². The molecule has 2 aromatic carbocycles. The first-order valence-electron chi connectivity index (χ1n) is 11.0. The second kappa shape index (κ2) is 11.8. The highest BCUT2D eigenvalue weighted by Crippen LogP contribution is 2.26. The number of nitrogens with one attached hydrogen (secondary N) is 1. The van der Waals surface area contributed by atoms with Crippen molar-refractivity contribution in [1.82, 2.24) is 0 Å². The first-order chi connectivity index (χ1) is 16.8. The van der Waals surface area contributed by atoms with Crippen LogP contribution in [0.25, 0.3) is 0 Å². The highest BCUT2D eigenvalue weighted by molar-refractivity contribution is 6.00. The fourth-order valence-corrected chi connectivity index (χ4v) is 3.43. The number of carbonyl (C=O) groups is 5. The fraction of sp³-hybridized carbons (Fsp3) is 0.320. The molecule has 0 spiro atoms. The number of carbonyl (C=O) groups excluding carboxylic acids is 5. The molecule has 0 saturated carbocycles. The van der Waals surface area contributed by atoms with Gasteiger partial charge in [-0.15, -0.1) is 0 Å². The SMILES string of the molecule is CCCOC(=O)c1ccc(NC(=O)COC(=O)[C@@H]2CC(=O)N(c3ccc(C(=O)OC)cc3)C2)cc1. The number of hydrogen-bond donors (Lipinski definition) is 1. The van der Waals surface area contributed by atoms with Gasteiger partial charge >= 0.3 is 17.9 Å². The van der Waals surface area contributed by atoms with Crippen LogP contribution < -0.4 is 10.2 Å². The molecular formula is C25H26N2O8. The van der Waals surface area contributed by atoms with Crippen LogP contribution in [-0.2, 0) is 28.6 Å². The minimum Gasteiger partial charge on any atom is -0.465 e. The minimum absolute atomic E-state index is 0.0468. The summed E-state index contributed by atoms with van der Waals surface area (Å²) in [5.41, 5.74) is 1.67. The second-order valence-electron chi connectivity index (χ2n) is 7.81. The van der Waals surface area contributed by atoms with Gasteiger partial charge in [0.25, 0.3) is 5.91 Å². The standard InChI is InChI=1S/C25H26N2O8/c1-3-12-34-24(31)17-4-8-19(9-5-17)26-21(28)15-35-25(32)18-13-22(29)27(14-18)20-10-6-16(7-11-20)23(30)33-2/h4-11,18H,3,12-15H2,1-2H3,(H,26,28)/t18-/m1/s1. The van der Waals surface area contributed by atoms with E-state index >= 15 is 0 Å². The zero-order valence-corrected chi connectivity index (χ0v) is 19.4. The number of ether oxygens (including phenoxy) is 3. The van der Waals surface area contributed by atoms with Gasteiger partial charge in [0.15, 0.2) is 6.61 Å². The Labute approximate surface area is 202 Å². The molecule has 2 aromatic rings. The predicted molar refractivity (Wildman–Crippen MR) is 125 cm³/mol. The Morgan fingerprint density at radius 2 is 1.57 bits per heavy atom. The lowest BCUT2D eigenvalue weighted by molar-refractivity contribution is -0.151. The highest BCUT2D eigenvalue weighted by atomic mass is 16.5. The molecule has 0 radical (unpaired) electrons. The van der Waals surface area contributed by atoms with Gasteiger partial charge in [-0.1, -0.05) is 6.92 Å². The van der Waals surface area contributed by atoms with Crippen molar-refractivity contribution < 1.29 is 38.2 Å². The van der Waals surface area contributed by atoms with E-state index < -0.39 is 36.3 Å². The summed E-state index contributed by atoms with van der Waals surface area (Å²) >= 11 is 0. The summed E-state index contributed by atoms with van der Waals surface area (Å²) < 4.78 is 14.8. The molecule has 10 nitrogen and oxygen atoms in total. The zero-order chi connectivity index (χ0) is 25.4. The largest absolute Gasteiger partial charge is 0.465 e. The summed E-state index contributed by atoms with van der Waals surface area (Å²) in [5, 5.41) is 2.58. The van der Waals surface area contributed by atoms with Crippen LogP contribution in [0.1, 0.15) is 40.5 Å². The summed E-state index contributed by atoms with van der Waals surface area (Å²) in [5.74, 6) is -3.13. The van der Waals surface area contributed by atoms with Gasteiger partial charge in [-0.2, -0.15) is 0 Å². The predicted octanol–water partition coefficient (Wildman–Crippen LogP) is 2.57. The van der Waals surface area contributed by atoms with E-state index in [1.165, 1.54) is 36.3 Å². The van der Waals surface area contributed by atoms with Gasteiger partial charge in [0, 0.05) is 24.3 Å². The van der Waals surface area contributed by atoms with Gasteiger partial charge in [0.2, 0.25) is 5.91 Å². The number of methoxy groups -OCH3 is 1. The van der Waals surface area contributed by atoms with Crippen LogP contribution in [0.2, 0.25) is 0 Å². The first-order valence-corrected chi connectivity index (χ1v) is 11.0. The van der Waals surface area contributed by atoms with Gasteiger partial charge in [-0.25, -0.2) is 9.59 Å². The third kappa shape index (κ3) is 6.66. The van der Waals surface area contributed by atoms with Crippen LogP contribution in [-0.4, -0.2) is 56.6 Å². The first kappa shape index (κ1) is 25.4. The van der Waals surface area contributed by atoms with Crippen molar-refractivity contribution in [2.45, 2.75) is 19.8 Å². The van der Waals surface area contributed by atoms with Crippen LogP contribution in [0.5, 0.6) is 0 Å². The molecule has 0 aromatic heterocycles. The van der Waals surface area contributed by atoms with Gasteiger partial charge in [0.1, 0.15) is 0 Å². The number of hydrogen-bond acceptors (Lipinski definition) is 8. The smallest absolute Gasteiger partial charge is 0.338 e. The monoisotopic (exact) mass is 482 g/mol. The van der Waals surface area contributed by atoms with E-state index in [1.807, 2.05) is 6.92 Å².